The van der Waals surface area contributed by atoms with Crippen LogP contribution in [0.3, 0.4) is 0 Å². The van der Waals surface area contributed by atoms with Crippen LogP contribution in [0.1, 0.15) is 143 Å². The summed E-state index contributed by atoms with van der Waals surface area (Å²) in [5.41, 5.74) is 6.37. The third kappa shape index (κ3) is 13.9. The van der Waals surface area contributed by atoms with E-state index in [0.717, 1.165) is 109 Å². The van der Waals surface area contributed by atoms with Gasteiger partial charge >= 0.3 is 12.2 Å². The number of hydrogen-bond donors (Lipinski definition) is 4. The van der Waals surface area contributed by atoms with E-state index in [1.165, 1.54) is 14.2 Å². The van der Waals surface area contributed by atoms with Crippen LogP contribution >= 0.6 is 0 Å². The van der Waals surface area contributed by atoms with Gasteiger partial charge in [0, 0.05) is 23.7 Å². The van der Waals surface area contributed by atoms with E-state index in [-0.39, 0.29) is 47.1 Å². The molecule has 0 fully saturated rings. The lowest BCUT2D eigenvalue weighted by molar-refractivity contribution is -0.126. The van der Waals surface area contributed by atoms with Crippen molar-refractivity contribution < 1.29 is 28.7 Å². The van der Waals surface area contributed by atoms with Gasteiger partial charge in [0.25, 0.3) is 0 Å². The Balaban J connectivity index is 1.24. The van der Waals surface area contributed by atoms with Gasteiger partial charge in [0.1, 0.15) is 11.6 Å². The van der Waals surface area contributed by atoms with Gasteiger partial charge in [-0.2, -0.15) is 0 Å². The highest BCUT2D eigenvalue weighted by molar-refractivity contribution is 5.90. The molecule has 2 heterocycles. The summed E-state index contributed by atoms with van der Waals surface area (Å²) in [7, 11) is 2.63. The van der Waals surface area contributed by atoms with Gasteiger partial charge in [-0.15, -0.1) is 0 Å². The lowest BCUT2D eigenvalue weighted by Gasteiger charge is -2.25. The van der Waals surface area contributed by atoms with Crippen molar-refractivity contribution in [2.75, 3.05) is 14.2 Å². The molecule has 0 aliphatic carbocycles. The molecule has 4 N–H and O–H groups in total. The maximum Gasteiger partial charge on any atom is 0.407 e. The number of ether oxygens (including phenoxy) is 2. The fraction of sp³-hybridized carbons (Fsp3) is 0.560. The fourth-order valence-corrected chi connectivity index (χ4v) is 8.22. The highest BCUT2D eigenvalue weighted by Crippen LogP contribution is 2.30. The number of nitrogens with one attached hydrogen (secondary N) is 4. The van der Waals surface area contributed by atoms with Crippen LogP contribution in [0.15, 0.2) is 60.9 Å². The molecule has 0 bridgehead atoms. The topological polar surface area (TPSA) is 168 Å². The van der Waals surface area contributed by atoms with E-state index in [0.29, 0.717) is 0 Å². The monoisotopic (exact) mass is 853 g/mol. The molecule has 2 unspecified atom stereocenters. The van der Waals surface area contributed by atoms with E-state index < -0.39 is 24.3 Å². The van der Waals surface area contributed by atoms with Crippen molar-refractivity contribution in [1.82, 2.24) is 30.6 Å². The molecule has 62 heavy (non-hydrogen) atoms. The second kappa shape index (κ2) is 24.4. The molecule has 12 nitrogen and oxygen atoms in total. The van der Waals surface area contributed by atoms with E-state index in [2.05, 4.69) is 83.0 Å². The molecule has 2 aromatic carbocycles. The van der Waals surface area contributed by atoms with Gasteiger partial charge < -0.3 is 30.1 Å². The van der Waals surface area contributed by atoms with Gasteiger partial charge in [-0.05, 0) is 72.6 Å². The highest BCUT2D eigenvalue weighted by Gasteiger charge is 2.31. The van der Waals surface area contributed by atoms with Gasteiger partial charge in [0.05, 0.1) is 50.1 Å². The van der Waals surface area contributed by atoms with Crippen LogP contribution in [0.5, 0.6) is 0 Å². The first-order chi connectivity index (χ1) is 29.7. The zero-order valence-corrected chi connectivity index (χ0v) is 38.8. The second-order valence-corrected chi connectivity index (χ2v) is 17.6. The number of Topliss-reactive ketones (excluding diaryl/α,β-unsaturated/α-hetero) is 2. The molecule has 0 aliphatic rings. The number of amides is 2. The number of ketones is 2. The van der Waals surface area contributed by atoms with E-state index in [1.807, 2.05) is 53.9 Å². The van der Waals surface area contributed by atoms with Crippen molar-refractivity contribution in [3.63, 3.8) is 0 Å². The number of aromatic amines is 2. The van der Waals surface area contributed by atoms with Gasteiger partial charge in [-0.3, -0.25) is 9.59 Å². The Labute approximate surface area is 369 Å². The average Bonchev–Trinajstić information content (AvgIpc) is 3.98. The number of H-pyrrole nitrogens is 2. The summed E-state index contributed by atoms with van der Waals surface area (Å²) in [6, 6.07) is 16.0. The van der Waals surface area contributed by atoms with E-state index in [4.69, 9.17) is 19.4 Å². The molecule has 6 atom stereocenters. The second-order valence-electron chi connectivity index (χ2n) is 17.6. The number of unbranched alkanes of at least 4 members (excludes halogenated alkanes) is 2. The normalized spacial score (nSPS) is 14.5. The molecule has 4 rings (SSSR count). The molecule has 338 valence electrons. The molecule has 0 saturated carbocycles. The van der Waals surface area contributed by atoms with Crippen molar-refractivity contribution in [1.29, 1.82) is 0 Å². The zero-order chi connectivity index (χ0) is 45.3. The Hall–Kier alpha value is -5.26. The predicted octanol–water partition coefficient (Wildman–Crippen LogP) is 11.4. The van der Waals surface area contributed by atoms with Gasteiger partial charge in [0.2, 0.25) is 0 Å². The molecular weight excluding hydrogens is 781 g/mol. The van der Waals surface area contributed by atoms with E-state index in [1.54, 1.807) is 0 Å². The van der Waals surface area contributed by atoms with Crippen LogP contribution in [0.2, 0.25) is 0 Å². The van der Waals surface area contributed by atoms with E-state index >= 15 is 0 Å². The lowest BCUT2D eigenvalue weighted by atomic mass is 9.86. The smallest absolute Gasteiger partial charge is 0.407 e. The number of carbonyl (C=O) groups is 4. The van der Waals surface area contributed by atoms with Crippen LogP contribution in [0.25, 0.3) is 33.6 Å². The molecule has 2 amide bonds. The predicted molar refractivity (Wildman–Crippen MR) is 247 cm³/mol. The summed E-state index contributed by atoms with van der Waals surface area (Å²) < 4.78 is 9.48. The first-order valence-corrected chi connectivity index (χ1v) is 22.8. The number of imidazole rings is 2. The highest BCUT2D eigenvalue weighted by atomic mass is 16.5. The Bertz CT molecular complexity index is 1860. The molecule has 12 heteroatoms. The fourth-order valence-electron chi connectivity index (χ4n) is 8.22. The Morgan fingerprint density at radius 1 is 0.532 bits per heavy atom. The van der Waals surface area contributed by atoms with Gasteiger partial charge in [-0.25, -0.2) is 19.6 Å². The van der Waals surface area contributed by atoms with Crippen LogP contribution in [0, 0.1) is 23.7 Å². The lowest BCUT2D eigenvalue weighted by Crippen LogP contribution is -2.46. The Morgan fingerprint density at radius 3 is 1.16 bits per heavy atom. The third-order valence-electron chi connectivity index (χ3n) is 12.4. The standard InChI is InChI=1S/C50H72N6O6/c1-11-35(45(57)43(31(3)4)55-49(59)61-9)19-15-13-17-33(7)47-51-29-41(53-47)39-25-21-37(22-26-39)38-23-27-40(28-24-38)42-30-52-48(54-42)34(8)18-14-16-20-36(12-2)46(58)44(32(5)6)56-50(60)62-10/h21-36,43-44H,11-20H2,1-10H3,(H,51,53)(H,52,54)(H,55,59)(H,56,60)/t33-,34-,35?,36?,43-,44-/m0/s1. The number of hydrogen-bond acceptors (Lipinski definition) is 8. The van der Waals surface area contributed by atoms with Crippen molar-refractivity contribution in [3.8, 4) is 33.6 Å². The zero-order valence-electron chi connectivity index (χ0n) is 38.8. The van der Waals surface area contributed by atoms with Crippen molar-refractivity contribution >= 4 is 23.8 Å². The summed E-state index contributed by atoms with van der Waals surface area (Å²) in [6.07, 6.45) is 11.5. The van der Waals surface area contributed by atoms with Crippen molar-refractivity contribution in [2.24, 2.45) is 23.7 Å². The minimum absolute atomic E-state index is 0.00965. The molecular formula is C50H72N6O6. The van der Waals surface area contributed by atoms with Crippen LogP contribution < -0.4 is 10.6 Å². The van der Waals surface area contributed by atoms with Gasteiger partial charge in [-0.1, -0.05) is 130 Å². The van der Waals surface area contributed by atoms with Crippen LogP contribution in [-0.2, 0) is 19.1 Å². The third-order valence-corrected chi connectivity index (χ3v) is 12.4. The van der Waals surface area contributed by atoms with Crippen molar-refractivity contribution in [3.05, 3.63) is 72.6 Å². The summed E-state index contributed by atoms with van der Waals surface area (Å²) in [6.45, 7) is 16.2. The molecule has 4 aromatic rings. The van der Waals surface area contributed by atoms with Crippen LogP contribution in [-0.4, -0.2) is 70.0 Å². The number of rotatable bonds is 25. The Morgan fingerprint density at radius 2 is 0.855 bits per heavy atom. The number of benzene rings is 2. The molecule has 2 aromatic heterocycles. The number of alkyl carbamates (subject to hydrolysis) is 2. The molecule has 0 aliphatic heterocycles. The summed E-state index contributed by atoms with van der Waals surface area (Å²) in [5, 5.41) is 5.45. The molecule has 0 radical (unpaired) electrons. The Kier molecular flexibility index (Phi) is 19.4. The molecule has 0 saturated heterocycles. The number of aromatic nitrogens is 4. The van der Waals surface area contributed by atoms with E-state index in [9.17, 15) is 19.2 Å². The number of carbonyl (C=O) groups excluding carboxylic acids is 4. The largest absolute Gasteiger partial charge is 0.453 e. The summed E-state index contributed by atoms with van der Waals surface area (Å²) in [5.74, 6) is 2.38. The van der Waals surface area contributed by atoms with Gasteiger partial charge in [0.15, 0.2) is 11.6 Å². The first-order valence-electron chi connectivity index (χ1n) is 22.8. The number of nitrogens with zero attached hydrogens (tertiary/aromatic N) is 2. The molecule has 0 spiro atoms. The van der Waals surface area contributed by atoms with Crippen molar-refractivity contribution in [2.45, 2.75) is 144 Å². The SMILES string of the molecule is CCC(CCCC[C@H](C)c1ncc(-c2ccc(-c3ccc(-c4cnc([C@@H](C)CCCCC(CC)C(=O)[C@@H](NC(=O)OC)C(C)C)[nH]4)cc3)cc2)[nH]1)C(=O)[C@@H](NC(=O)OC)C(C)C. The number of methoxy groups -OCH3 is 2. The summed E-state index contributed by atoms with van der Waals surface area (Å²) in [4.78, 5) is 66.6. The van der Waals surface area contributed by atoms with Crippen LogP contribution in [0.4, 0.5) is 9.59 Å². The quantitative estimate of drug-likeness (QED) is 0.0478. The summed E-state index contributed by atoms with van der Waals surface area (Å²) >= 11 is 0. The minimum atomic E-state index is -0.570. The maximum atomic E-state index is 13.2. The first kappa shape index (κ1) is 49.4. The average molecular weight is 853 g/mol. The maximum absolute atomic E-state index is 13.2. The minimum Gasteiger partial charge on any atom is -0.453 e.